The van der Waals surface area contributed by atoms with Gasteiger partial charge in [-0.05, 0) is 62.3 Å². The Kier molecular flexibility index (Phi) is 5.54. The second kappa shape index (κ2) is 6.93. The summed E-state index contributed by atoms with van der Waals surface area (Å²) in [6.07, 6.45) is 17.4. The molecule has 0 unspecified atom stereocenters. The summed E-state index contributed by atoms with van der Waals surface area (Å²) in [4.78, 5) is 0. The average Bonchev–Trinajstić information content (AvgIpc) is 2.46. The Morgan fingerprint density at radius 1 is 1.00 bits per heavy atom. The van der Waals surface area contributed by atoms with Crippen molar-refractivity contribution >= 4 is 0 Å². The van der Waals surface area contributed by atoms with Crippen molar-refractivity contribution < 1.29 is 0 Å². The first-order valence-electron chi connectivity index (χ1n) is 8.51. The molecule has 2 aliphatic rings. The fraction of sp³-hybridized carbons (Fsp3) is 1.00. The predicted octanol–water partition coefficient (Wildman–Crippen LogP) is 4.89. The second-order valence-corrected chi connectivity index (χ2v) is 6.99. The van der Waals surface area contributed by atoms with Gasteiger partial charge in [-0.15, -0.1) is 0 Å². The molecule has 0 aromatic heterocycles. The summed E-state index contributed by atoms with van der Waals surface area (Å²) >= 11 is 0. The third-order valence-electron chi connectivity index (χ3n) is 5.94. The van der Waals surface area contributed by atoms with Gasteiger partial charge in [0.1, 0.15) is 0 Å². The van der Waals surface area contributed by atoms with Gasteiger partial charge in [0.25, 0.3) is 0 Å². The Morgan fingerprint density at radius 2 is 1.67 bits per heavy atom. The van der Waals surface area contributed by atoms with Gasteiger partial charge >= 0.3 is 0 Å². The van der Waals surface area contributed by atoms with Gasteiger partial charge < -0.3 is 5.73 Å². The number of nitrogens with two attached hydrogens (primary N) is 1. The summed E-state index contributed by atoms with van der Waals surface area (Å²) in [5.74, 6) is 1.98. The first-order valence-corrected chi connectivity index (χ1v) is 8.51. The molecule has 2 saturated carbocycles. The summed E-state index contributed by atoms with van der Waals surface area (Å²) in [6.45, 7) is 3.27. The predicted molar refractivity (Wildman–Crippen MR) is 79.5 cm³/mol. The molecule has 0 radical (unpaired) electrons. The molecule has 0 aromatic carbocycles. The summed E-state index contributed by atoms with van der Waals surface area (Å²) in [6, 6.07) is 0. The van der Waals surface area contributed by atoms with Crippen molar-refractivity contribution in [2.24, 2.45) is 23.0 Å². The standard InChI is InChI=1S/C17H33N/c1-2-3-7-15-10-12-17(14-18,13-11-15)16-8-5-4-6-9-16/h15-16H,2-14,18H2,1H3. The monoisotopic (exact) mass is 251 g/mol. The van der Waals surface area contributed by atoms with E-state index in [1.165, 1.54) is 77.0 Å². The summed E-state index contributed by atoms with van der Waals surface area (Å²) < 4.78 is 0. The first kappa shape index (κ1) is 14.4. The van der Waals surface area contributed by atoms with Gasteiger partial charge in [-0.25, -0.2) is 0 Å². The van der Waals surface area contributed by atoms with Crippen molar-refractivity contribution in [1.29, 1.82) is 0 Å². The van der Waals surface area contributed by atoms with Crippen LogP contribution in [0, 0.1) is 17.3 Å². The minimum absolute atomic E-state index is 0.545. The largest absolute Gasteiger partial charge is 0.330 e. The normalized spacial score (nSPS) is 34.7. The Morgan fingerprint density at radius 3 is 2.22 bits per heavy atom. The van der Waals surface area contributed by atoms with E-state index >= 15 is 0 Å². The van der Waals surface area contributed by atoms with Crippen LogP contribution in [0.4, 0.5) is 0 Å². The molecule has 2 rings (SSSR count). The SMILES string of the molecule is CCCCC1CCC(CN)(C2CCCCC2)CC1. The fourth-order valence-electron chi connectivity index (χ4n) is 4.53. The lowest BCUT2D eigenvalue weighted by Gasteiger charge is -2.46. The minimum atomic E-state index is 0.545. The zero-order chi connectivity index (χ0) is 12.8. The summed E-state index contributed by atoms with van der Waals surface area (Å²) in [7, 11) is 0. The van der Waals surface area contributed by atoms with Crippen LogP contribution in [0.5, 0.6) is 0 Å². The molecule has 0 bridgehead atoms. The molecule has 0 heterocycles. The van der Waals surface area contributed by atoms with Crippen molar-refractivity contribution in [1.82, 2.24) is 0 Å². The number of hydrogen-bond acceptors (Lipinski definition) is 1. The van der Waals surface area contributed by atoms with Crippen LogP contribution >= 0.6 is 0 Å². The highest BCUT2D eigenvalue weighted by Crippen LogP contribution is 2.49. The molecule has 0 spiro atoms. The second-order valence-electron chi connectivity index (χ2n) is 6.99. The van der Waals surface area contributed by atoms with Crippen molar-refractivity contribution in [2.45, 2.75) is 84.0 Å². The maximum atomic E-state index is 6.21. The molecule has 2 N–H and O–H groups in total. The van der Waals surface area contributed by atoms with E-state index in [2.05, 4.69) is 6.92 Å². The number of rotatable bonds is 5. The zero-order valence-electron chi connectivity index (χ0n) is 12.4. The topological polar surface area (TPSA) is 26.0 Å². The lowest BCUT2D eigenvalue weighted by molar-refractivity contribution is 0.0546. The summed E-state index contributed by atoms with van der Waals surface area (Å²) in [5, 5.41) is 0. The van der Waals surface area contributed by atoms with Gasteiger partial charge in [0.2, 0.25) is 0 Å². The number of hydrogen-bond donors (Lipinski definition) is 1. The van der Waals surface area contributed by atoms with Gasteiger partial charge in [-0.3, -0.25) is 0 Å². The fourth-order valence-corrected chi connectivity index (χ4v) is 4.53. The van der Waals surface area contributed by atoms with Crippen molar-refractivity contribution in [3.63, 3.8) is 0 Å². The van der Waals surface area contributed by atoms with Crippen LogP contribution in [-0.4, -0.2) is 6.54 Å². The van der Waals surface area contributed by atoms with Crippen LogP contribution in [0.25, 0.3) is 0 Å². The van der Waals surface area contributed by atoms with Crippen molar-refractivity contribution in [3.05, 3.63) is 0 Å². The molecule has 0 saturated heterocycles. The minimum Gasteiger partial charge on any atom is -0.330 e. The molecule has 0 atom stereocenters. The zero-order valence-corrected chi connectivity index (χ0v) is 12.4. The first-order chi connectivity index (χ1) is 8.80. The van der Waals surface area contributed by atoms with Gasteiger partial charge in [0.05, 0.1) is 0 Å². The van der Waals surface area contributed by atoms with E-state index in [1.54, 1.807) is 0 Å². The van der Waals surface area contributed by atoms with Crippen molar-refractivity contribution in [2.75, 3.05) is 6.54 Å². The van der Waals surface area contributed by atoms with Crippen LogP contribution in [0.15, 0.2) is 0 Å². The third-order valence-corrected chi connectivity index (χ3v) is 5.94. The van der Waals surface area contributed by atoms with Gasteiger partial charge in [-0.2, -0.15) is 0 Å². The Labute approximate surface area is 114 Å². The highest BCUT2D eigenvalue weighted by molar-refractivity contribution is 4.92. The molecule has 0 aliphatic heterocycles. The smallest absolute Gasteiger partial charge is 0.00179 e. The van der Waals surface area contributed by atoms with Crippen LogP contribution < -0.4 is 5.73 Å². The molecule has 1 nitrogen and oxygen atoms in total. The molecular weight excluding hydrogens is 218 g/mol. The van der Waals surface area contributed by atoms with E-state index in [-0.39, 0.29) is 0 Å². The van der Waals surface area contributed by atoms with Crippen LogP contribution in [0.1, 0.15) is 84.0 Å². The van der Waals surface area contributed by atoms with E-state index in [9.17, 15) is 0 Å². The summed E-state index contributed by atoms with van der Waals surface area (Å²) in [5.41, 5.74) is 6.76. The van der Waals surface area contributed by atoms with E-state index in [1.807, 2.05) is 0 Å². The van der Waals surface area contributed by atoms with Crippen LogP contribution in [0.3, 0.4) is 0 Å². The molecule has 0 amide bonds. The molecule has 18 heavy (non-hydrogen) atoms. The molecule has 2 fully saturated rings. The maximum absolute atomic E-state index is 6.21. The van der Waals surface area contributed by atoms with Gasteiger partial charge in [0, 0.05) is 0 Å². The average molecular weight is 251 g/mol. The van der Waals surface area contributed by atoms with Crippen LogP contribution in [-0.2, 0) is 0 Å². The van der Waals surface area contributed by atoms with Crippen molar-refractivity contribution in [3.8, 4) is 0 Å². The Hall–Kier alpha value is -0.0400. The van der Waals surface area contributed by atoms with E-state index in [0.717, 1.165) is 18.4 Å². The molecule has 2 aliphatic carbocycles. The molecule has 106 valence electrons. The molecular formula is C17H33N. The number of unbranched alkanes of at least 4 members (excludes halogenated alkanes) is 1. The van der Waals surface area contributed by atoms with Crippen LogP contribution in [0.2, 0.25) is 0 Å². The van der Waals surface area contributed by atoms with E-state index in [0.29, 0.717) is 5.41 Å². The lowest BCUT2D eigenvalue weighted by atomic mass is 9.60. The van der Waals surface area contributed by atoms with Gasteiger partial charge in [-0.1, -0.05) is 45.4 Å². The lowest BCUT2D eigenvalue weighted by Crippen LogP contribution is -2.42. The Bertz CT molecular complexity index is 222. The maximum Gasteiger partial charge on any atom is -0.00179 e. The highest BCUT2D eigenvalue weighted by Gasteiger charge is 2.40. The van der Waals surface area contributed by atoms with Gasteiger partial charge in [0.15, 0.2) is 0 Å². The van der Waals surface area contributed by atoms with E-state index < -0.39 is 0 Å². The molecule has 1 heteroatoms. The Balaban J connectivity index is 1.86. The third kappa shape index (κ3) is 3.29. The highest BCUT2D eigenvalue weighted by atomic mass is 14.6. The van der Waals surface area contributed by atoms with E-state index in [4.69, 9.17) is 5.73 Å². The molecule has 0 aromatic rings. The quantitative estimate of drug-likeness (QED) is 0.739.